The average molecular weight is 397 g/mol. The van der Waals surface area contributed by atoms with Crippen LogP contribution in [0.25, 0.3) is 0 Å². The standard InChI is InChI=1S/C12H11BrF2N2O2S2/c1-17(5-7-2-11(13)20-6-7)21(18,19)10-4-8(16)3-9(14)12(10)15/h2-4,6H,5,16H2,1H3. The van der Waals surface area contributed by atoms with Gasteiger partial charge in [-0.3, -0.25) is 0 Å². The predicted molar refractivity (Wildman–Crippen MR) is 81.4 cm³/mol. The summed E-state index contributed by atoms with van der Waals surface area (Å²) in [6, 6.07) is 3.41. The number of hydrogen-bond donors (Lipinski definition) is 1. The Morgan fingerprint density at radius 3 is 2.57 bits per heavy atom. The van der Waals surface area contributed by atoms with Gasteiger partial charge in [-0.05, 0) is 45.1 Å². The van der Waals surface area contributed by atoms with Crippen LogP contribution in [0.4, 0.5) is 14.5 Å². The summed E-state index contributed by atoms with van der Waals surface area (Å²) in [5.74, 6) is -2.72. The summed E-state index contributed by atoms with van der Waals surface area (Å²) in [7, 11) is -2.88. The van der Waals surface area contributed by atoms with Gasteiger partial charge in [0.25, 0.3) is 0 Å². The Labute approximate surface area is 133 Å². The molecule has 2 aromatic rings. The minimum absolute atomic E-state index is 0.0420. The fourth-order valence-electron chi connectivity index (χ4n) is 1.71. The van der Waals surface area contributed by atoms with E-state index in [2.05, 4.69) is 15.9 Å². The van der Waals surface area contributed by atoms with Crippen molar-refractivity contribution in [2.24, 2.45) is 0 Å². The van der Waals surface area contributed by atoms with Gasteiger partial charge in [-0.15, -0.1) is 11.3 Å². The van der Waals surface area contributed by atoms with Gasteiger partial charge in [0.1, 0.15) is 4.90 Å². The Balaban J connectivity index is 2.37. The van der Waals surface area contributed by atoms with Crippen molar-refractivity contribution in [1.82, 2.24) is 4.31 Å². The minimum atomic E-state index is -4.18. The zero-order chi connectivity index (χ0) is 15.8. The van der Waals surface area contributed by atoms with Crippen LogP contribution in [-0.4, -0.2) is 19.8 Å². The topological polar surface area (TPSA) is 63.4 Å². The van der Waals surface area contributed by atoms with Crippen molar-refractivity contribution in [3.63, 3.8) is 0 Å². The third-order valence-corrected chi connectivity index (χ3v) is 6.09. The second kappa shape index (κ2) is 5.99. The molecule has 1 aromatic heterocycles. The molecule has 2 N–H and O–H groups in total. The predicted octanol–water partition coefficient (Wildman–Crippen LogP) is 3.19. The summed E-state index contributed by atoms with van der Waals surface area (Å²) in [4.78, 5) is -0.767. The molecule has 0 aliphatic heterocycles. The van der Waals surface area contributed by atoms with Gasteiger partial charge < -0.3 is 5.73 Å². The lowest BCUT2D eigenvalue weighted by Gasteiger charge is -2.17. The molecule has 0 amide bonds. The Morgan fingerprint density at radius 2 is 2.00 bits per heavy atom. The van der Waals surface area contributed by atoms with E-state index < -0.39 is 26.6 Å². The van der Waals surface area contributed by atoms with E-state index in [9.17, 15) is 17.2 Å². The molecule has 0 saturated heterocycles. The highest BCUT2D eigenvalue weighted by Gasteiger charge is 2.27. The first-order chi connectivity index (χ1) is 9.71. The molecule has 0 fully saturated rings. The van der Waals surface area contributed by atoms with Crippen molar-refractivity contribution >= 4 is 43.0 Å². The van der Waals surface area contributed by atoms with Crippen LogP contribution in [-0.2, 0) is 16.6 Å². The average Bonchev–Trinajstić information content (AvgIpc) is 2.79. The molecule has 0 atom stereocenters. The van der Waals surface area contributed by atoms with Crippen LogP contribution in [0.15, 0.2) is 32.3 Å². The van der Waals surface area contributed by atoms with Gasteiger partial charge in [0.05, 0.1) is 3.79 Å². The van der Waals surface area contributed by atoms with E-state index in [1.165, 1.54) is 18.4 Å². The maximum Gasteiger partial charge on any atom is 0.246 e. The number of nitrogens with two attached hydrogens (primary N) is 1. The van der Waals surface area contributed by atoms with Crippen LogP contribution >= 0.6 is 27.3 Å². The molecule has 0 aliphatic rings. The van der Waals surface area contributed by atoms with Gasteiger partial charge in [-0.25, -0.2) is 17.2 Å². The number of hydrogen-bond acceptors (Lipinski definition) is 4. The fourth-order valence-corrected chi connectivity index (χ4v) is 4.17. The fraction of sp³-hybridized carbons (Fsp3) is 0.167. The number of nitrogen functional groups attached to an aromatic ring is 1. The number of anilines is 1. The molecule has 0 bridgehead atoms. The molecule has 4 nitrogen and oxygen atoms in total. The number of benzene rings is 1. The summed E-state index contributed by atoms with van der Waals surface area (Å²) < 4.78 is 53.5. The first-order valence-electron chi connectivity index (χ1n) is 5.65. The molecule has 0 spiro atoms. The van der Waals surface area contributed by atoms with Crippen LogP contribution < -0.4 is 5.73 Å². The SMILES string of the molecule is CN(Cc1csc(Br)c1)S(=O)(=O)c1cc(N)cc(F)c1F. The summed E-state index contributed by atoms with van der Waals surface area (Å²) in [6.45, 7) is 0.0420. The molecule has 0 saturated carbocycles. The van der Waals surface area contributed by atoms with Gasteiger partial charge >= 0.3 is 0 Å². The smallest absolute Gasteiger partial charge is 0.246 e. The maximum absolute atomic E-state index is 13.7. The molecule has 114 valence electrons. The van der Waals surface area contributed by atoms with Crippen molar-refractivity contribution in [3.05, 3.63) is 44.6 Å². The molecule has 21 heavy (non-hydrogen) atoms. The molecule has 0 radical (unpaired) electrons. The van der Waals surface area contributed by atoms with Crippen molar-refractivity contribution in [3.8, 4) is 0 Å². The van der Waals surface area contributed by atoms with Gasteiger partial charge in [-0.2, -0.15) is 4.31 Å². The van der Waals surface area contributed by atoms with Gasteiger partial charge in [0, 0.05) is 19.3 Å². The van der Waals surface area contributed by atoms with Gasteiger partial charge in [0.2, 0.25) is 10.0 Å². The lowest BCUT2D eigenvalue weighted by atomic mass is 10.3. The summed E-state index contributed by atoms with van der Waals surface area (Å²) in [5, 5.41) is 1.77. The number of sulfonamides is 1. The molecule has 0 aliphatic carbocycles. The first kappa shape index (κ1) is 16.3. The van der Waals surface area contributed by atoms with Gasteiger partial charge in [-0.1, -0.05) is 0 Å². The lowest BCUT2D eigenvalue weighted by molar-refractivity contribution is 0.448. The second-order valence-electron chi connectivity index (χ2n) is 4.33. The highest BCUT2D eigenvalue weighted by molar-refractivity contribution is 9.11. The molecular weight excluding hydrogens is 386 g/mol. The van der Waals surface area contributed by atoms with Crippen molar-refractivity contribution < 1.29 is 17.2 Å². The zero-order valence-corrected chi connectivity index (χ0v) is 14.0. The summed E-state index contributed by atoms with van der Waals surface area (Å²) >= 11 is 4.67. The van der Waals surface area contributed by atoms with E-state index in [4.69, 9.17) is 5.73 Å². The van der Waals surface area contributed by atoms with Gasteiger partial charge in [0.15, 0.2) is 11.6 Å². The lowest BCUT2D eigenvalue weighted by Crippen LogP contribution is -2.27. The summed E-state index contributed by atoms with van der Waals surface area (Å²) in [5.41, 5.74) is 5.97. The highest BCUT2D eigenvalue weighted by atomic mass is 79.9. The van der Waals surface area contributed by atoms with Crippen LogP contribution in [0.2, 0.25) is 0 Å². The third-order valence-electron chi connectivity index (χ3n) is 2.73. The van der Waals surface area contributed by atoms with Crippen molar-refractivity contribution in [2.45, 2.75) is 11.4 Å². The molecule has 9 heteroatoms. The Hall–Kier alpha value is -1.03. The van der Waals surface area contributed by atoms with E-state index in [1.807, 2.05) is 0 Å². The van der Waals surface area contributed by atoms with E-state index >= 15 is 0 Å². The van der Waals surface area contributed by atoms with E-state index in [0.717, 1.165) is 25.8 Å². The van der Waals surface area contributed by atoms with Crippen molar-refractivity contribution in [1.29, 1.82) is 0 Å². The number of nitrogens with zero attached hydrogens (tertiary/aromatic N) is 1. The maximum atomic E-state index is 13.7. The quantitative estimate of drug-likeness (QED) is 0.807. The third kappa shape index (κ3) is 3.42. The molecule has 0 unspecified atom stereocenters. The van der Waals surface area contributed by atoms with E-state index in [1.54, 1.807) is 11.4 Å². The van der Waals surface area contributed by atoms with E-state index in [0.29, 0.717) is 0 Å². The number of halogens is 3. The normalized spacial score (nSPS) is 12.0. The molecule has 1 aromatic carbocycles. The molecule has 1 heterocycles. The minimum Gasteiger partial charge on any atom is -0.399 e. The second-order valence-corrected chi connectivity index (χ2v) is 8.64. The monoisotopic (exact) mass is 396 g/mol. The van der Waals surface area contributed by atoms with E-state index in [-0.39, 0.29) is 12.2 Å². The van der Waals surface area contributed by atoms with Crippen molar-refractivity contribution in [2.75, 3.05) is 12.8 Å². The highest BCUT2D eigenvalue weighted by Crippen LogP contribution is 2.26. The Bertz CT molecular complexity index is 778. The molecule has 2 rings (SSSR count). The van der Waals surface area contributed by atoms with Crippen LogP contribution in [0.5, 0.6) is 0 Å². The first-order valence-corrected chi connectivity index (χ1v) is 8.77. The number of rotatable bonds is 4. The summed E-state index contributed by atoms with van der Waals surface area (Å²) in [6.07, 6.45) is 0. The Morgan fingerprint density at radius 1 is 1.33 bits per heavy atom. The molecular formula is C12H11BrF2N2O2S2. The zero-order valence-electron chi connectivity index (χ0n) is 10.8. The number of thiophene rings is 1. The Kier molecular flexibility index (Phi) is 4.66. The van der Waals surface area contributed by atoms with Crippen LogP contribution in [0, 0.1) is 11.6 Å². The van der Waals surface area contributed by atoms with Crippen LogP contribution in [0.1, 0.15) is 5.56 Å². The van der Waals surface area contributed by atoms with Crippen LogP contribution in [0.3, 0.4) is 0 Å². The largest absolute Gasteiger partial charge is 0.399 e.